The van der Waals surface area contributed by atoms with Gasteiger partial charge in [0.1, 0.15) is 0 Å². The molecule has 0 aliphatic carbocycles. The number of benzene rings is 1. The molecule has 1 rings (SSSR count). The van der Waals surface area contributed by atoms with E-state index in [1.165, 1.54) is 12.1 Å². The van der Waals surface area contributed by atoms with E-state index < -0.39 is 18.0 Å². The van der Waals surface area contributed by atoms with E-state index in [4.69, 9.17) is 9.84 Å². The molecule has 3 N–H and O–H groups in total. The molecule has 0 unspecified atom stereocenters. The topological polar surface area (TPSA) is 105 Å². The summed E-state index contributed by atoms with van der Waals surface area (Å²) < 4.78 is 4.72. The normalized spacial score (nSPS) is 9.81. The average molecular weight is 294 g/mol. The Bertz CT molecular complexity index is 542. The second kappa shape index (κ2) is 7.88. The maximum absolute atomic E-state index is 11.6. The molecular formula is C14H18N2O5. The van der Waals surface area contributed by atoms with Gasteiger partial charge in [-0.1, -0.05) is 11.6 Å². The van der Waals surface area contributed by atoms with Crippen molar-refractivity contribution in [3.05, 3.63) is 29.3 Å². The van der Waals surface area contributed by atoms with Crippen molar-refractivity contribution in [2.45, 2.75) is 20.3 Å². The fourth-order valence-electron chi connectivity index (χ4n) is 1.62. The number of nitrogens with one attached hydrogen (secondary N) is 2. The molecule has 0 atom stereocenters. The molecule has 2 amide bonds. The van der Waals surface area contributed by atoms with E-state index in [1.54, 1.807) is 19.9 Å². The zero-order chi connectivity index (χ0) is 15.8. The number of aryl methyl sites for hydroxylation is 1. The van der Waals surface area contributed by atoms with Crippen molar-refractivity contribution >= 4 is 23.7 Å². The van der Waals surface area contributed by atoms with Crippen LogP contribution in [0.1, 0.15) is 29.3 Å². The molecule has 0 heterocycles. The van der Waals surface area contributed by atoms with Crippen LogP contribution in [0.5, 0.6) is 0 Å². The number of carboxylic acid groups (broad SMARTS) is 1. The number of hydrogen-bond acceptors (Lipinski definition) is 4. The Balaban J connectivity index is 2.55. The van der Waals surface area contributed by atoms with Crippen molar-refractivity contribution < 1.29 is 24.2 Å². The predicted molar refractivity (Wildman–Crippen MR) is 76.4 cm³/mol. The van der Waals surface area contributed by atoms with Crippen LogP contribution in [-0.4, -0.2) is 36.2 Å². The first kappa shape index (κ1) is 16.5. The van der Waals surface area contributed by atoms with Gasteiger partial charge < -0.3 is 20.5 Å². The van der Waals surface area contributed by atoms with Gasteiger partial charge in [-0.05, 0) is 26.0 Å². The zero-order valence-corrected chi connectivity index (χ0v) is 11.9. The van der Waals surface area contributed by atoms with Gasteiger partial charge in [-0.15, -0.1) is 0 Å². The number of rotatable bonds is 6. The molecule has 7 nitrogen and oxygen atoms in total. The molecule has 0 radical (unpaired) electrons. The second-order valence-corrected chi connectivity index (χ2v) is 4.29. The summed E-state index contributed by atoms with van der Waals surface area (Å²) in [5, 5.41) is 14.0. The van der Waals surface area contributed by atoms with Crippen LogP contribution in [0.25, 0.3) is 0 Å². The first-order valence-electron chi connectivity index (χ1n) is 6.48. The van der Waals surface area contributed by atoms with Gasteiger partial charge in [0.15, 0.2) is 0 Å². The van der Waals surface area contributed by atoms with E-state index >= 15 is 0 Å². The third kappa shape index (κ3) is 5.52. The molecule has 0 saturated heterocycles. The Morgan fingerprint density at radius 3 is 2.62 bits per heavy atom. The third-order valence-electron chi connectivity index (χ3n) is 2.57. The molecule has 0 spiro atoms. The number of carbonyl (C=O) groups is 3. The smallest absolute Gasteiger partial charge is 0.337 e. The van der Waals surface area contributed by atoms with Gasteiger partial charge in [-0.3, -0.25) is 4.79 Å². The molecule has 7 heteroatoms. The van der Waals surface area contributed by atoms with Crippen LogP contribution in [0.3, 0.4) is 0 Å². The molecule has 0 saturated carbocycles. The highest BCUT2D eigenvalue weighted by Gasteiger charge is 2.12. The minimum absolute atomic E-state index is 0.00976. The van der Waals surface area contributed by atoms with Crippen LogP contribution in [-0.2, 0) is 9.53 Å². The fourth-order valence-corrected chi connectivity index (χ4v) is 1.62. The highest BCUT2D eigenvalue weighted by molar-refractivity contribution is 6.00. The van der Waals surface area contributed by atoms with Gasteiger partial charge in [0.25, 0.3) is 0 Å². The van der Waals surface area contributed by atoms with Crippen LogP contribution < -0.4 is 10.6 Å². The van der Waals surface area contributed by atoms with Crippen LogP contribution in [0.4, 0.5) is 10.5 Å². The number of carbonyl (C=O) groups excluding carboxylic acids is 2. The summed E-state index contributed by atoms with van der Waals surface area (Å²) in [6.45, 7) is 3.85. The lowest BCUT2D eigenvalue weighted by Crippen LogP contribution is -2.31. The fraction of sp³-hybridized carbons (Fsp3) is 0.357. The lowest BCUT2D eigenvalue weighted by molar-refractivity contribution is -0.142. The first-order chi connectivity index (χ1) is 9.93. The Kier molecular flexibility index (Phi) is 6.19. The van der Waals surface area contributed by atoms with Crippen molar-refractivity contribution in [3.63, 3.8) is 0 Å². The Morgan fingerprint density at radius 2 is 2.00 bits per heavy atom. The Labute approximate surface area is 122 Å². The molecule has 21 heavy (non-hydrogen) atoms. The van der Waals surface area contributed by atoms with Crippen molar-refractivity contribution in [3.8, 4) is 0 Å². The lowest BCUT2D eigenvalue weighted by atomic mass is 10.1. The number of hydrogen-bond donors (Lipinski definition) is 3. The number of esters is 1. The molecule has 0 aromatic heterocycles. The summed E-state index contributed by atoms with van der Waals surface area (Å²) in [6.07, 6.45) is 0.0565. The average Bonchev–Trinajstić information content (AvgIpc) is 2.41. The van der Waals surface area contributed by atoms with Crippen molar-refractivity contribution in [2.75, 3.05) is 18.5 Å². The van der Waals surface area contributed by atoms with Gasteiger partial charge >= 0.3 is 18.0 Å². The second-order valence-electron chi connectivity index (χ2n) is 4.29. The summed E-state index contributed by atoms with van der Waals surface area (Å²) >= 11 is 0. The number of carboxylic acids is 1. The van der Waals surface area contributed by atoms with E-state index in [2.05, 4.69) is 10.6 Å². The first-order valence-corrected chi connectivity index (χ1v) is 6.48. The minimum Gasteiger partial charge on any atom is -0.478 e. The van der Waals surface area contributed by atoms with Gasteiger partial charge in [-0.25, -0.2) is 9.59 Å². The monoisotopic (exact) mass is 294 g/mol. The molecule has 1 aromatic rings. The molecule has 0 aliphatic heterocycles. The largest absolute Gasteiger partial charge is 0.478 e. The molecule has 0 aliphatic rings. The van der Waals surface area contributed by atoms with E-state index in [0.29, 0.717) is 0 Å². The molecular weight excluding hydrogens is 276 g/mol. The molecule has 0 bridgehead atoms. The quantitative estimate of drug-likeness (QED) is 0.693. The third-order valence-corrected chi connectivity index (χ3v) is 2.57. The predicted octanol–water partition coefficient (Wildman–Crippen LogP) is 1.77. The van der Waals surface area contributed by atoms with E-state index in [9.17, 15) is 14.4 Å². The van der Waals surface area contributed by atoms with Gasteiger partial charge in [0, 0.05) is 6.54 Å². The maximum atomic E-state index is 11.6. The molecule has 1 aromatic carbocycles. The van der Waals surface area contributed by atoms with Crippen LogP contribution in [0.15, 0.2) is 18.2 Å². The summed E-state index contributed by atoms with van der Waals surface area (Å²) in [5.41, 5.74) is 0.984. The Hall–Kier alpha value is -2.57. The Morgan fingerprint density at radius 1 is 1.29 bits per heavy atom. The number of anilines is 1. The van der Waals surface area contributed by atoms with E-state index in [1.807, 2.05) is 0 Å². The summed E-state index contributed by atoms with van der Waals surface area (Å²) in [5.74, 6) is -1.53. The summed E-state index contributed by atoms with van der Waals surface area (Å²) in [4.78, 5) is 33.8. The summed E-state index contributed by atoms with van der Waals surface area (Å²) in [7, 11) is 0. The van der Waals surface area contributed by atoms with Crippen molar-refractivity contribution in [2.24, 2.45) is 0 Å². The van der Waals surface area contributed by atoms with Crippen LogP contribution in [0.2, 0.25) is 0 Å². The SMILES string of the molecule is CCOC(=O)CCNC(=O)Nc1ccc(C)cc1C(=O)O. The number of aromatic carboxylic acids is 1. The van der Waals surface area contributed by atoms with E-state index in [-0.39, 0.29) is 30.8 Å². The number of amides is 2. The van der Waals surface area contributed by atoms with Gasteiger partial charge in [0.2, 0.25) is 0 Å². The number of urea groups is 1. The number of ether oxygens (including phenoxy) is 1. The molecule has 0 fully saturated rings. The van der Waals surface area contributed by atoms with Gasteiger partial charge in [0.05, 0.1) is 24.3 Å². The zero-order valence-electron chi connectivity index (χ0n) is 11.9. The van der Waals surface area contributed by atoms with Crippen LogP contribution >= 0.6 is 0 Å². The summed E-state index contributed by atoms with van der Waals surface area (Å²) in [6, 6.07) is 4.10. The van der Waals surface area contributed by atoms with Crippen molar-refractivity contribution in [1.82, 2.24) is 5.32 Å². The van der Waals surface area contributed by atoms with E-state index in [0.717, 1.165) is 5.56 Å². The maximum Gasteiger partial charge on any atom is 0.337 e. The lowest BCUT2D eigenvalue weighted by Gasteiger charge is -2.10. The van der Waals surface area contributed by atoms with Gasteiger partial charge in [-0.2, -0.15) is 0 Å². The standard InChI is InChI=1S/C14H18N2O5/c1-3-21-12(17)6-7-15-14(20)16-11-5-4-9(2)8-10(11)13(18)19/h4-5,8H,3,6-7H2,1-2H3,(H,18,19)(H2,15,16,20). The van der Waals surface area contributed by atoms with Crippen LogP contribution in [0, 0.1) is 6.92 Å². The van der Waals surface area contributed by atoms with Crippen molar-refractivity contribution in [1.29, 1.82) is 0 Å². The highest BCUT2D eigenvalue weighted by atomic mass is 16.5. The molecule has 114 valence electrons. The minimum atomic E-state index is -1.12. The highest BCUT2D eigenvalue weighted by Crippen LogP contribution is 2.17.